The standard InChI is InChI=1S/C27H27ClN4O3.2ClH/c28-20-6-2-5-19(14-20)27(15-29)10-7-21(8-11-27)32-12-9-22-23(30-16-31-24(22)25(32)33)17-3-1-4-18(13-17)26(34)35;;/h1-6,13-14,16,21H,7-12,15,29H2,(H,34,35);2*1H/t21-,27+;;. The van der Waals surface area contributed by atoms with Crippen molar-refractivity contribution in [3.8, 4) is 11.3 Å². The van der Waals surface area contributed by atoms with Crippen molar-refractivity contribution < 1.29 is 14.7 Å². The van der Waals surface area contributed by atoms with Crippen LogP contribution in [0.1, 0.15) is 57.7 Å². The molecular weight excluding hydrogens is 535 g/mol. The molecule has 0 spiro atoms. The van der Waals surface area contributed by atoms with Gasteiger partial charge in [0.1, 0.15) is 12.0 Å². The maximum Gasteiger partial charge on any atom is 0.335 e. The molecule has 0 unspecified atom stereocenters. The third kappa shape index (κ3) is 5.46. The summed E-state index contributed by atoms with van der Waals surface area (Å²) < 4.78 is 0. The molecule has 37 heavy (non-hydrogen) atoms. The molecule has 1 amide bonds. The highest BCUT2D eigenvalue weighted by Crippen LogP contribution is 2.41. The Morgan fingerprint density at radius 2 is 1.78 bits per heavy atom. The number of fused-ring (bicyclic) bond motifs is 1. The lowest BCUT2D eigenvalue weighted by atomic mass is 9.68. The molecule has 1 aliphatic heterocycles. The van der Waals surface area contributed by atoms with Crippen molar-refractivity contribution in [3.63, 3.8) is 0 Å². The van der Waals surface area contributed by atoms with Crippen LogP contribution in [0, 0.1) is 0 Å². The summed E-state index contributed by atoms with van der Waals surface area (Å²) in [5, 5.41) is 10.1. The molecule has 10 heteroatoms. The third-order valence-electron chi connectivity index (χ3n) is 7.58. The topological polar surface area (TPSA) is 109 Å². The summed E-state index contributed by atoms with van der Waals surface area (Å²) >= 11 is 6.25. The van der Waals surface area contributed by atoms with E-state index in [9.17, 15) is 14.7 Å². The number of carboxylic acids is 1. The van der Waals surface area contributed by atoms with Crippen LogP contribution in [0.15, 0.2) is 54.9 Å². The van der Waals surface area contributed by atoms with E-state index in [4.69, 9.17) is 17.3 Å². The molecule has 2 aromatic carbocycles. The smallest absolute Gasteiger partial charge is 0.335 e. The van der Waals surface area contributed by atoms with E-state index in [1.807, 2.05) is 29.2 Å². The first-order chi connectivity index (χ1) is 16.9. The molecule has 0 radical (unpaired) electrons. The van der Waals surface area contributed by atoms with Crippen molar-refractivity contribution in [3.05, 3.63) is 82.3 Å². The van der Waals surface area contributed by atoms with Gasteiger partial charge in [0, 0.05) is 40.7 Å². The Balaban J connectivity index is 0.00000190. The van der Waals surface area contributed by atoms with Crippen molar-refractivity contribution in [2.24, 2.45) is 5.73 Å². The summed E-state index contributed by atoms with van der Waals surface area (Å²) in [6.07, 6.45) is 5.53. The summed E-state index contributed by atoms with van der Waals surface area (Å²) in [6.45, 7) is 1.13. The van der Waals surface area contributed by atoms with E-state index in [2.05, 4.69) is 16.0 Å². The largest absolute Gasteiger partial charge is 0.478 e. The average Bonchev–Trinajstić information content (AvgIpc) is 2.89. The van der Waals surface area contributed by atoms with Gasteiger partial charge in [-0.1, -0.05) is 35.9 Å². The lowest BCUT2D eigenvalue weighted by molar-refractivity contribution is 0.0567. The van der Waals surface area contributed by atoms with Crippen LogP contribution in [-0.4, -0.2) is 51.0 Å². The number of aromatic carboxylic acids is 1. The third-order valence-corrected chi connectivity index (χ3v) is 7.81. The highest BCUT2D eigenvalue weighted by Gasteiger charge is 2.40. The Bertz CT molecular complexity index is 1300. The highest BCUT2D eigenvalue weighted by atomic mass is 35.5. The minimum atomic E-state index is -0.999. The number of hydrogen-bond donors (Lipinski definition) is 2. The molecule has 1 aromatic heterocycles. The number of nitrogens with two attached hydrogens (primary N) is 1. The minimum Gasteiger partial charge on any atom is -0.478 e. The van der Waals surface area contributed by atoms with E-state index in [0.29, 0.717) is 41.5 Å². The molecule has 2 heterocycles. The van der Waals surface area contributed by atoms with Crippen molar-refractivity contribution in [2.75, 3.05) is 13.1 Å². The van der Waals surface area contributed by atoms with Gasteiger partial charge in [-0.25, -0.2) is 14.8 Å². The number of nitrogens with zero attached hydrogens (tertiary/aromatic N) is 3. The first-order valence-electron chi connectivity index (χ1n) is 11.9. The van der Waals surface area contributed by atoms with Crippen LogP contribution in [0.3, 0.4) is 0 Å². The van der Waals surface area contributed by atoms with Gasteiger partial charge in [-0.3, -0.25) is 4.79 Å². The number of halogens is 3. The summed E-state index contributed by atoms with van der Waals surface area (Å²) in [6, 6.07) is 14.7. The number of amides is 1. The summed E-state index contributed by atoms with van der Waals surface area (Å²) in [7, 11) is 0. The second-order valence-corrected chi connectivity index (χ2v) is 9.85. The second-order valence-electron chi connectivity index (χ2n) is 9.41. The quantitative estimate of drug-likeness (QED) is 0.443. The van der Waals surface area contributed by atoms with Gasteiger partial charge in [0.15, 0.2) is 0 Å². The van der Waals surface area contributed by atoms with E-state index in [1.54, 1.807) is 18.2 Å². The van der Waals surface area contributed by atoms with Crippen LogP contribution in [0.4, 0.5) is 0 Å². The number of carbonyl (C=O) groups is 2. The Hall–Kier alpha value is -2.71. The predicted molar refractivity (Wildman–Crippen MR) is 148 cm³/mol. The summed E-state index contributed by atoms with van der Waals surface area (Å²) in [5.41, 5.74) is 9.98. The molecule has 1 saturated carbocycles. The zero-order valence-electron chi connectivity index (χ0n) is 20.1. The number of carboxylic acid groups (broad SMARTS) is 1. The Morgan fingerprint density at radius 1 is 1.08 bits per heavy atom. The second kappa shape index (κ2) is 11.8. The fourth-order valence-electron chi connectivity index (χ4n) is 5.60. The van der Waals surface area contributed by atoms with Gasteiger partial charge in [0.2, 0.25) is 0 Å². The van der Waals surface area contributed by atoms with Crippen molar-refractivity contribution in [1.29, 1.82) is 0 Å². The number of hydrogen-bond acceptors (Lipinski definition) is 5. The summed E-state index contributed by atoms with van der Waals surface area (Å²) in [5.74, 6) is -1.09. The molecule has 1 aliphatic carbocycles. The van der Waals surface area contributed by atoms with Gasteiger partial charge in [-0.15, -0.1) is 24.8 Å². The highest BCUT2D eigenvalue weighted by molar-refractivity contribution is 6.30. The minimum absolute atomic E-state index is 0. The molecule has 3 N–H and O–H groups in total. The van der Waals surface area contributed by atoms with Gasteiger partial charge in [-0.2, -0.15) is 0 Å². The monoisotopic (exact) mass is 562 g/mol. The lowest BCUT2D eigenvalue weighted by Gasteiger charge is -2.44. The maximum atomic E-state index is 13.5. The van der Waals surface area contributed by atoms with Crippen molar-refractivity contribution in [2.45, 2.75) is 43.6 Å². The zero-order chi connectivity index (χ0) is 24.6. The first-order valence-corrected chi connectivity index (χ1v) is 12.2. The lowest BCUT2D eigenvalue weighted by Crippen LogP contribution is -2.50. The van der Waals surface area contributed by atoms with E-state index >= 15 is 0 Å². The van der Waals surface area contributed by atoms with Gasteiger partial charge < -0.3 is 15.7 Å². The zero-order valence-corrected chi connectivity index (χ0v) is 22.5. The molecule has 5 rings (SSSR count). The summed E-state index contributed by atoms with van der Waals surface area (Å²) in [4.78, 5) is 35.6. The van der Waals surface area contributed by atoms with E-state index in [1.165, 1.54) is 11.9 Å². The fourth-order valence-corrected chi connectivity index (χ4v) is 5.79. The fraction of sp³-hybridized carbons (Fsp3) is 0.333. The van der Waals surface area contributed by atoms with E-state index < -0.39 is 5.97 Å². The van der Waals surface area contributed by atoms with Gasteiger partial charge in [-0.05, 0) is 61.9 Å². The van der Waals surface area contributed by atoms with Crippen LogP contribution in [0.25, 0.3) is 11.3 Å². The van der Waals surface area contributed by atoms with Crippen LogP contribution >= 0.6 is 36.4 Å². The Morgan fingerprint density at radius 3 is 2.46 bits per heavy atom. The van der Waals surface area contributed by atoms with Crippen LogP contribution in [0.2, 0.25) is 5.02 Å². The normalized spacial score (nSPS) is 20.9. The van der Waals surface area contributed by atoms with Gasteiger partial charge in [0.25, 0.3) is 5.91 Å². The molecule has 196 valence electrons. The number of carbonyl (C=O) groups excluding carboxylic acids is 1. The first kappa shape index (κ1) is 28.9. The molecule has 0 atom stereocenters. The Labute approximate surface area is 233 Å². The van der Waals surface area contributed by atoms with E-state index in [0.717, 1.165) is 31.2 Å². The van der Waals surface area contributed by atoms with Crippen LogP contribution < -0.4 is 5.73 Å². The molecule has 1 fully saturated rings. The molecule has 7 nitrogen and oxygen atoms in total. The van der Waals surface area contributed by atoms with E-state index in [-0.39, 0.29) is 47.7 Å². The molecule has 0 bridgehead atoms. The van der Waals surface area contributed by atoms with Gasteiger partial charge >= 0.3 is 5.97 Å². The predicted octanol–water partition coefficient (Wildman–Crippen LogP) is 5.18. The molecular formula is C27H29Cl3N4O3. The van der Waals surface area contributed by atoms with Crippen LogP contribution in [0.5, 0.6) is 0 Å². The number of rotatable bonds is 5. The number of benzene rings is 2. The van der Waals surface area contributed by atoms with Gasteiger partial charge in [0.05, 0.1) is 11.3 Å². The molecule has 3 aromatic rings. The van der Waals surface area contributed by atoms with Crippen LogP contribution in [-0.2, 0) is 11.8 Å². The van der Waals surface area contributed by atoms with Crippen molar-refractivity contribution in [1.82, 2.24) is 14.9 Å². The van der Waals surface area contributed by atoms with Crippen molar-refractivity contribution >= 4 is 48.3 Å². The average molecular weight is 564 g/mol. The maximum absolute atomic E-state index is 13.5. The molecule has 2 aliphatic rings. The Kier molecular flexibility index (Phi) is 9.18. The SMILES string of the molecule is Cl.Cl.NC[C@]1(c2cccc(Cl)c2)CC[C@@H](N2CCc3c(ncnc3-c3cccc(C(=O)O)c3)C2=O)CC1. The molecule has 0 saturated heterocycles. The number of aromatic nitrogens is 2.